The highest BCUT2D eigenvalue weighted by molar-refractivity contribution is 7.86. The van der Waals surface area contributed by atoms with Gasteiger partial charge in [0.2, 0.25) is 0 Å². The number of nitrogens with two attached hydrogens (primary N) is 1. The lowest BCUT2D eigenvalue weighted by atomic mass is 10.3. The van der Waals surface area contributed by atoms with Crippen molar-refractivity contribution in [2.45, 2.75) is 19.9 Å². The van der Waals surface area contributed by atoms with E-state index in [0.29, 0.717) is 0 Å². The van der Waals surface area contributed by atoms with Crippen LogP contribution in [0, 0.1) is 6.92 Å². The summed E-state index contributed by atoms with van der Waals surface area (Å²) >= 11 is 1.58. The van der Waals surface area contributed by atoms with Crippen LogP contribution in [0.4, 0.5) is 0 Å². The van der Waals surface area contributed by atoms with Gasteiger partial charge >= 0.3 is 0 Å². The predicted octanol–water partition coefficient (Wildman–Crippen LogP) is 1.25. The van der Waals surface area contributed by atoms with Crippen LogP contribution in [0.3, 0.4) is 0 Å². The van der Waals surface area contributed by atoms with Crippen molar-refractivity contribution in [3.8, 4) is 0 Å². The average molecular weight is 234 g/mol. The molecule has 1 aromatic heterocycles. The van der Waals surface area contributed by atoms with E-state index in [1.807, 2.05) is 26.0 Å². The molecule has 4 nitrogen and oxygen atoms in total. The second-order valence-corrected chi connectivity index (χ2v) is 6.11. The molecule has 1 unspecified atom stereocenters. The van der Waals surface area contributed by atoms with Gasteiger partial charge in [0.15, 0.2) is 0 Å². The Morgan fingerprint density at radius 3 is 2.43 bits per heavy atom. The van der Waals surface area contributed by atoms with Gasteiger partial charge in [-0.15, -0.1) is 11.3 Å². The molecule has 6 heteroatoms. The van der Waals surface area contributed by atoms with E-state index in [4.69, 9.17) is 5.14 Å². The number of rotatable bonds is 3. The first-order valence-corrected chi connectivity index (χ1v) is 6.46. The van der Waals surface area contributed by atoms with Gasteiger partial charge in [0.25, 0.3) is 10.2 Å². The van der Waals surface area contributed by atoms with Crippen LogP contribution in [-0.4, -0.2) is 19.8 Å². The summed E-state index contributed by atoms with van der Waals surface area (Å²) < 4.78 is 23.3. The Morgan fingerprint density at radius 2 is 2.07 bits per heavy atom. The average Bonchev–Trinajstić information content (AvgIpc) is 2.47. The largest absolute Gasteiger partial charge is 0.277 e. The predicted molar refractivity (Wildman–Crippen MR) is 58.3 cm³/mol. The minimum atomic E-state index is -3.60. The lowest BCUT2D eigenvalue weighted by Gasteiger charge is -2.20. The van der Waals surface area contributed by atoms with Crippen LogP contribution in [-0.2, 0) is 10.2 Å². The van der Waals surface area contributed by atoms with Gasteiger partial charge in [-0.05, 0) is 26.0 Å². The normalized spacial score (nSPS) is 14.6. The van der Waals surface area contributed by atoms with Crippen molar-refractivity contribution in [3.05, 3.63) is 21.9 Å². The minimum absolute atomic E-state index is 0.205. The monoisotopic (exact) mass is 234 g/mol. The van der Waals surface area contributed by atoms with Crippen LogP contribution in [0.2, 0.25) is 0 Å². The second-order valence-electron chi connectivity index (χ2n) is 3.19. The van der Waals surface area contributed by atoms with E-state index in [2.05, 4.69) is 0 Å². The standard InChI is InChI=1S/C8H14N2O2S2/c1-6-4-5-8(13-6)7(2)10(3)14(9,11)12/h4-5,7H,1-3H3,(H2,9,11,12). The third-order valence-corrected chi connectivity index (χ3v) is 4.41. The van der Waals surface area contributed by atoms with Crippen molar-refractivity contribution in [1.82, 2.24) is 4.31 Å². The van der Waals surface area contributed by atoms with Gasteiger partial charge in [0, 0.05) is 16.8 Å². The van der Waals surface area contributed by atoms with E-state index in [9.17, 15) is 8.42 Å². The Bertz CT molecular complexity index is 411. The first kappa shape index (κ1) is 11.6. The van der Waals surface area contributed by atoms with Crippen molar-refractivity contribution in [2.75, 3.05) is 7.05 Å². The summed E-state index contributed by atoms with van der Waals surface area (Å²) in [6.45, 7) is 3.80. The first-order chi connectivity index (χ1) is 6.32. The maximum absolute atomic E-state index is 11.1. The van der Waals surface area contributed by atoms with Crippen LogP contribution in [0.15, 0.2) is 12.1 Å². The molecule has 0 saturated carbocycles. The van der Waals surface area contributed by atoms with Crippen LogP contribution in [0.25, 0.3) is 0 Å². The highest BCUT2D eigenvalue weighted by atomic mass is 32.2. The van der Waals surface area contributed by atoms with Gasteiger partial charge in [-0.2, -0.15) is 12.7 Å². The lowest BCUT2D eigenvalue weighted by molar-refractivity contribution is 0.403. The maximum Gasteiger partial charge on any atom is 0.277 e. The molecule has 0 amide bonds. The molecule has 0 aliphatic rings. The lowest BCUT2D eigenvalue weighted by Crippen LogP contribution is -2.34. The highest BCUT2D eigenvalue weighted by Crippen LogP contribution is 2.26. The Kier molecular flexibility index (Phi) is 3.31. The molecule has 80 valence electrons. The fraction of sp³-hybridized carbons (Fsp3) is 0.500. The molecule has 0 bridgehead atoms. The molecule has 0 aliphatic heterocycles. The number of nitrogens with zero attached hydrogens (tertiary/aromatic N) is 1. The zero-order valence-electron chi connectivity index (χ0n) is 8.39. The molecule has 1 heterocycles. The van der Waals surface area contributed by atoms with Crippen molar-refractivity contribution in [1.29, 1.82) is 0 Å². The van der Waals surface area contributed by atoms with Gasteiger partial charge in [-0.1, -0.05) is 0 Å². The van der Waals surface area contributed by atoms with E-state index in [-0.39, 0.29) is 6.04 Å². The number of hydrogen-bond donors (Lipinski definition) is 1. The van der Waals surface area contributed by atoms with Crippen LogP contribution in [0.1, 0.15) is 22.7 Å². The van der Waals surface area contributed by atoms with Crippen molar-refractivity contribution >= 4 is 21.5 Å². The fourth-order valence-corrected chi connectivity index (χ4v) is 2.67. The molecule has 0 aromatic carbocycles. The maximum atomic E-state index is 11.1. The third kappa shape index (κ3) is 2.54. The molecule has 0 saturated heterocycles. The van der Waals surface area contributed by atoms with Crippen LogP contribution in [0.5, 0.6) is 0 Å². The van der Waals surface area contributed by atoms with E-state index in [1.165, 1.54) is 7.05 Å². The zero-order valence-corrected chi connectivity index (χ0v) is 10.0. The van der Waals surface area contributed by atoms with E-state index in [0.717, 1.165) is 14.1 Å². The Balaban J connectivity index is 2.91. The first-order valence-electron chi connectivity index (χ1n) is 4.14. The third-order valence-electron chi connectivity index (χ3n) is 2.12. The highest BCUT2D eigenvalue weighted by Gasteiger charge is 2.21. The van der Waals surface area contributed by atoms with Gasteiger partial charge in [-0.25, -0.2) is 5.14 Å². The summed E-state index contributed by atoms with van der Waals surface area (Å²) in [5.74, 6) is 0. The molecule has 1 aromatic rings. The molecule has 0 aliphatic carbocycles. The molecular formula is C8H14N2O2S2. The summed E-state index contributed by atoms with van der Waals surface area (Å²) in [6.07, 6.45) is 0. The Morgan fingerprint density at radius 1 is 1.50 bits per heavy atom. The van der Waals surface area contributed by atoms with Crippen molar-refractivity contribution in [3.63, 3.8) is 0 Å². The van der Waals surface area contributed by atoms with Crippen molar-refractivity contribution < 1.29 is 8.42 Å². The summed E-state index contributed by atoms with van der Waals surface area (Å²) in [5.41, 5.74) is 0. The van der Waals surface area contributed by atoms with Crippen LogP contribution >= 0.6 is 11.3 Å². The molecule has 14 heavy (non-hydrogen) atoms. The fourth-order valence-electron chi connectivity index (χ4n) is 1.08. The van der Waals surface area contributed by atoms with Crippen LogP contribution < -0.4 is 5.14 Å². The summed E-state index contributed by atoms with van der Waals surface area (Å²) in [5, 5.41) is 5.03. The topological polar surface area (TPSA) is 63.4 Å². The number of aryl methyl sites for hydroxylation is 1. The van der Waals surface area contributed by atoms with Gasteiger partial charge in [0.05, 0.1) is 6.04 Å². The molecule has 2 N–H and O–H groups in total. The zero-order chi connectivity index (χ0) is 10.9. The smallest absolute Gasteiger partial charge is 0.216 e. The van der Waals surface area contributed by atoms with E-state index in [1.54, 1.807) is 11.3 Å². The van der Waals surface area contributed by atoms with Crippen molar-refractivity contribution in [2.24, 2.45) is 5.14 Å². The minimum Gasteiger partial charge on any atom is -0.216 e. The molecule has 1 atom stereocenters. The Labute approximate surface area is 88.5 Å². The molecule has 1 rings (SSSR count). The van der Waals surface area contributed by atoms with E-state index < -0.39 is 10.2 Å². The van der Waals surface area contributed by atoms with Gasteiger partial charge in [-0.3, -0.25) is 0 Å². The summed E-state index contributed by atoms with van der Waals surface area (Å²) in [7, 11) is -2.12. The second kappa shape index (κ2) is 3.98. The molecular weight excluding hydrogens is 220 g/mol. The van der Waals surface area contributed by atoms with E-state index >= 15 is 0 Å². The number of hydrogen-bond acceptors (Lipinski definition) is 3. The number of thiophene rings is 1. The SMILES string of the molecule is Cc1ccc(C(C)N(C)S(N)(=O)=O)s1. The van der Waals surface area contributed by atoms with Gasteiger partial charge < -0.3 is 0 Å². The summed E-state index contributed by atoms with van der Waals surface area (Å²) in [6, 6.07) is 3.68. The summed E-state index contributed by atoms with van der Waals surface area (Å²) in [4.78, 5) is 2.16. The molecule has 0 radical (unpaired) electrons. The molecule has 0 spiro atoms. The quantitative estimate of drug-likeness (QED) is 0.855. The van der Waals surface area contributed by atoms with Gasteiger partial charge in [0.1, 0.15) is 0 Å². The Hall–Kier alpha value is -0.430. The molecule has 0 fully saturated rings.